The summed E-state index contributed by atoms with van der Waals surface area (Å²) in [6, 6.07) is 8.71. The lowest BCUT2D eigenvalue weighted by atomic mass is 9.82. The number of benzene rings is 1. The Bertz CT molecular complexity index is 361. The Hall–Kier alpha value is -0.180. The van der Waals surface area contributed by atoms with Crippen LogP contribution in [0.1, 0.15) is 25.8 Å². The zero-order chi connectivity index (χ0) is 12.3. The predicted octanol–water partition coefficient (Wildman–Crippen LogP) is 3.96. The van der Waals surface area contributed by atoms with Crippen LogP contribution in [-0.4, -0.2) is 17.5 Å². The predicted molar refractivity (Wildman–Crippen MR) is 77.8 cm³/mol. The molecule has 0 amide bonds. The van der Waals surface area contributed by atoms with Crippen molar-refractivity contribution in [2.45, 2.75) is 32.9 Å². The summed E-state index contributed by atoms with van der Waals surface area (Å²) in [5.74, 6) is 2.52. The van der Waals surface area contributed by atoms with E-state index < -0.39 is 0 Å². The highest BCUT2D eigenvalue weighted by molar-refractivity contribution is 7.99. The van der Waals surface area contributed by atoms with E-state index in [1.165, 1.54) is 23.5 Å². The molecule has 0 saturated carbocycles. The van der Waals surface area contributed by atoms with Gasteiger partial charge in [-0.15, -0.1) is 0 Å². The second kappa shape index (κ2) is 5.64. The molecule has 0 aliphatic carbocycles. The molecular formula is C14H20ClNS. The Balaban J connectivity index is 1.91. The van der Waals surface area contributed by atoms with Gasteiger partial charge in [0.15, 0.2) is 0 Å². The van der Waals surface area contributed by atoms with Crippen molar-refractivity contribution in [2.24, 2.45) is 5.41 Å². The molecule has 94 valence electrons. The first kappa shape index (κ1) is 13.3. The van der Waals surface area contributed by atoms with Crippen LogP contribution in [0.15, 0.2) is 24.3 Å². The van der Waals surface area contributed by atoms with Crippen LogP contribution in [0.5, 0.6) is 0 Å². The standard InChI is InChI=1S/C14H20ClNS/c1-14(2)7-8-17-10-13(14)16-9-11-3-5-12(15)6-4-11/h3-6,13,16H,7-10H2,1-2H3. The minimum Gasteiger partial charge on any atom is -0.309 e. The van der Waals surface area contributed by atoms with Crippen molar-refractivity contribution in [1.82, 2.24) is 5.32 Å². The fourth-order valence-corrected chi connectivity index (χ4v) is 3.88. The van der Waals surface area contributed by atoms with Gasteiger partial charge in [0.1, 0.15) is 0 Å². The maximum absolute atomic E-state index is 5.88. The van der Waals surface area contributed by atoms with E-state index in [9.17, 15) is 0 Å². The van der Waals surface area contributed by atoms with Crippen molar-refractivity contribution >= 4 is 23.4 Å². The van der Waals surface area contributed by atoms with E-state index in [1.807, 2.05) is 12.1 Å². The monoisotopic (exact) mass is 269 g/mol. The molecule has 1 heterocycles. The Morgan fingerprint density at radius 3 is 2.71 bits per heavy atom. The molecular weight excluding hydrogens is 250 g/mol. The molecule has 3 heteroatoms. The van der Waals surface area contributed by atoms with Crippen LogP contribution in [-0.2, 0) is 6.54 Å². The number of hydrogen-bond donors (Lipinski definition) is 1. The fraction of sp³-hybridized carbons (Fsp3) is 0.571. The summed E-state index contributed by atoms with van der Waals surface area (Å²) in [6.07, 6.45) is 1.30. The molecule has 2 rings (SSSR count). The summed E-state index contributed by atoms with van der Waals surface area (Å²) in [7, 11) is 0. The molecule has 1 aromatic rings. The molecule has 0 bridgehead atoms. The number of nitrogens with one attached hydrogen (secondary N) is 1. The van der Waals surface area contributed by atoms with Gasteiger partial charge in [-0.2, -0.15) is 11.8 Å². The van der Waals surface area contributed by atoms with Crippen LogP contribution in [0.3, 0.4) is 0 Å². The Labute approximate surface area is 113 Å². The summed E-state index contributed by atoms with van der Waals surface area (Å²) in [5.41, 5.74) is 1.72. The highest BCUT2D eigenvalue weighted by atomic mass is 35.5. The van der Waals surface area contributed by atoms with Crippen LogP contribution in [0.25, 0.3) is 0 Å². The van der Waals surface area contributed by atoms with Gasteiger partial charge in [0.25, 0.3) is 0 Å². The van der Waals surface area contributed by atoms with E-state index in [1.54, 1.807) is 0 Å². The van der Waals surface area contributed by atoms with Gasteiger partial charge >= 0.3 is 0 Å². The molecule has 1 N–H and O–H groups in total. The second-order valence-electron chi connectivity index (χ2n) is 5.37. The molecule has 0 radical (unpaired) electrons. The van der Waals surface area contributed by atoms with Crippen molar-refractivity contribution in [3.05, 3.63) is 34.9 Å². The van der Waals surface area contributed by atoms with E-state index in [0.29, 0.717) is 11.5 Å². The lowest BCUT2D eigenvalue weighted by Gasteiger charge is -2.39. The molecule has 1 unspecified atom stereocenters. The van der Waals surface area contributed by atoms with Gasteiger partial charge in [-0.05, 0) is 35.3 Å². The van der Waals surface area contributed by atoms with Crippen molar-refractivity contribution in [3.8, 4) is 0 Å². The van der Waals surface area contributed by atoms with E-state index in [4.69, 9.17) is 11.6 Å². The Kier molecular flexibility index (Phi) is 4.40. The second-order valence-corrected chi connectivity index (χ2v) is 6.96. The summed E-state index contributed by atoms with van der Waals surface area (Å²) in [4.78, 5) is 0. The summed E-state index contributed by atoms with van der Waals surface area (Å²) in [5, 5.41) is 4.49. The van der Waals surface area contributed by atoms with Crippen molar-refractivity contribution in [1.29, 1.82) is 0 Å². The summed E-state index contributed by atoms with van der Waals surface area (Å²) >= 11 is 7.94. The molecule has 17 heavy (non-hydrogen) atoms. The third-order valence-electron chi connectivity index (χ3n) is 3.58. The average molecular weight is 270 g/mol. The molecule has 1 aliphatic rings. The highest BCUT2D eigenvalue weighted by Crippen LogP contribution is 2.34. The number of rotatable bonds is 3. The topological polar surface area (TPSA) is 12.0 Å². The summed E-state index contributed by atoms with van der Waals surface area (Å²) < 4.78 is 0. The summed E-state index contributed by atoms with van der Waals surface area (Å²) in [6.45, 7) is 5.67. The minimum absolute atomic E-state index is 0.414. The van der Waals surface area contributed by atoms with Gasteiger partial charge in [0, 0.05) is 23.4 Å². The van der Waals surface area contributed by atoms with Gasteiger partial charge in [-0.25, -0.2) is 0 Å². The Morgan fingerprint density at radius 2 is 2.06 bits per heavy atom. The first-order valence-electron chi connectivity index (χ1n) is 6.13. The maximum Gasteiger partial charge on any atom is 0.0406 e. The van der Waals surface area contributed by atoms with Crippen molar-refractivity contribution in [2.75, 3.05) is 11.5 Å². The van der Waals surface area contributed by atoms with E-state index in [2.05, 4.69) is 43.1 Å². The van der Waals surface area contributed by atoms with Crippen LogP contribution >= 0.6 is 23.4 Å². The zero-order valence-electron chi connectivity index (χ0n) is 10.5. The lowest BCUT2D eigenvalue weighted by Crippen LogP contribution is -2.46. The normalized spacial score (nSPS) is 23.6. The first-order valence-corrected chi connectivity index (χ1v) is 7.67. The number of hydrogen-bond acceptors (Lipinski definition) is 2. The smallest absolute Gasteiger partial charge is 0.0406 e. The van der Waals surface area contributed by atoms with Gasteiger partial charge in [-0.1, -0.05) is 37.6 Å². The minimum atomic E-state index is 0.414. The van der Waals surface area contributed by atoms with Crippen LogP contribution in [0, 0.1) is 5.41 Å². The van der Waals surface area contributed by atoms with Crippen LogP contribution < -0.4 is 5.32 Å². The molecule has 0 aromatic heterocycles. The van der Waals surface area contributed by atoms with Crippen molar-refractivity contribution < 1.29 is 0 Å². The molecule has 1 aliphatic heterocycles. The molecule has 1 aromatic carbocycles. The SMILES string of the molecule is CC1(C)CCSCC1NCc1ccc(Cl)cc1. The first-order chi connectivity index (χ1) is 8.08. The van der Waals surface area contributed by atoms with E-state index >= 15 is 0 Å². The number of halogens is 1. The number of thioether (sulfide) groups is 1. The maximum atomic E-state index is 5.88. The van der Waals surface area contributed by atoms with Crippen molar-refractivity contribution in [3.63, 3.8) is 0 Å². The average Bonchev–Trinajstić information content (AvgIpc) is 2.29. The third kappa shape index (κ3) is 3.64. The lowest BCUT2D eigenvalue weighted by molar-refractivity contribution is 0.245. The van der Waals surface area contributed by atoms with Gasteiger partial charge in [0.05, 0.1) is 0 Å². The van der Waals surface area contributed by atoms with E-state index in [-0.39, 0.29) is 0 Å². The zero-order valence-corrected chi connectivity index (χ0v) is 12.1. The molecule has 1 atom stereocenters. The van der Waals surface area contributed by atoms with Gasteiger partial charge < -0.3 is 5.32 Å². The largest absolute Gasteiger partial charge is 0.309 e. The quantitative estimate of drug-likeness (QED) is 0.891. The van der Waals surface area contributed by atoms with E-state index in [0.717, 1.165) is 11.6 Å². The molecule has 1 nitrogen and oxygen atoms in total. The van der Waals surface area contributed by atoms with Crippen LogP contribution in [0.4, 0.5) is 0 Å². The third-order valence-corrected chi connectivity index (χ3v) is 4.90. The molecule has 1 saturated heterocycles. The van der Waals surface area contributed by atoms with Crippen LogP contribution in [0.2, 0.25) is 5.02 Å². The van der Waals surface area contributed by atoms with Gasteiger partial charge in [-0.3, -0.25) is 0 Å². The Morgan fingerprint density at radius 1 is 1.35 bits per heavy atom. The molecule has 0 spiro atoms. The highest BCUT2D eigenvalue weighted by Gasteiger charge is 2.31. The fourth-order valence-electron chi connectivity index (χ4n) is 2.11. The van der Waals surface area contributed by atoms with Gasteiger partial charge in [0.2, 0.25) is 0 Å². The molecule has 1 fully saturated rings.